The molecule has 1 N–H and O–H groups in total. The number of rotatable bonds is 8. The number of aromatic nitrogens is 1. The van der Waals surface area contributed by atoms with Gasteiger partial charge in [-0.2, -0.15) is 0 Å². The summed E-state index contributed by atoms with van der Waals surface area (Å²) < 4.78 is 4.73. The molecule has 0 aliphatic heterocycles. The van der Waals surface area contributed by atoms with Gasteiger partial charge in [0.25, 0.3) is 0 Å². The van der Waals surface area contributed by atoms with E-state index < -0.39 is 0 Å². The first kappa shape index (κ1) is 16.0. The second-order valence-electron chi connectivity index (χ2n) is 4.69. The van der Waals surface area contributed by atoms with Crippen LogP contribution in [0, 0.1) is 6.92 Å². The molecule has 0 bridgehead atoms. The van der Waals surface area contributed by atoms with Gasteiger partial charge in [-0.3, -0.25) is 0 Å². The zero-order valence-electron chi connectivity index (χ0n) is 12.3. The van der Waals surface area contributed by atoms with Crippen LogP contribution in [0.1, 0.15) is 61.3 Å². The van der Waals surface area contributed by atoms with Crippen molar-refractivity contribution in [3.8, 4) is 0 Å². The van der Waals surface area contributed by atoms with Crippen LogP contribution in [0.3, 0.4) is 0 Å². The van der Waals surface area contributed by atoms with E-state index in [0.717, 1.165) is 29.3 Å². The summed E-state index contributed by atoms with van der Waals surface area (Å²) in [7, 11) is 1.38. The van der Waals surface area contributed by atoms with E-state index >= 15 is 0 Å². The first-order valence-electron chi connectivity index (χ1n) is 6.94. The van der Waals surface area contributed by atoms with Crippen LogP contribution in [0.2, 0.25) is 0 Å². The van der Waals surface area contributed by atoms with Gasteiger partial charge in [0.05, 0.1) is 7.11 Å². The van der Waals surface area contributed by atoms with Crippen LogP contribution in [0.5, 0.6) is 0 Å². The molecule has 0 saturated carbocycles. The van der Waals surface area contributed by atoms with E-state index in [4.69, 9.17) is 4.74 Å². The maximum absolute atomic E-state index is 11.5. The van der Waals surface area contributed by atoms with Gasteiger partial charge in [-0.15, -0.1) is 11.3 Å². The van der Waals surface area contributed by atoms with E-state index in [1.807, 2.05) is 6.92 Å². The predicted molar refractivity (Wildman–Crippen MR) is 80.0 cm³/mol. The van der Waals surface area contributed by atoms with Crippen molar-refractivity contribution in [2.75, 3.05) is 12.4 Å². The van der Waals surface area contributed by atoms with Crippen molar-refractivity contribution in [2.45, 2.75) is 58.9 Å². The number of anilines is 1. The van der Waals surface area contributed by atoms with Gasteiger partial charge in [0.2, 0.25) is 0 Å². The Hall–Kier alpha value is -1.10. The number of unbranched alkanes of at least 4 members (excludes halogenated alkanes) is 1. The summed E-state index contributed by atoms with van der Waals surface area (Å²) in [6.07, 6.45) is 5.84. The third kappa shape index (κ3) is 4.82. The van der Waals surface area contributed by atoms with Gasteiger partial charge < -0.3 is 10.1 Å². The van der Waals surface area contributed by atoms with Crippen LogP contribution in [0.25, 0.3) is 0 Å². The molecular formula is C14H24N2O2S. The number of hydrogen-bond acceptors (Lipinski definition) is 5. The largest absolute Gasteiger partial charge is 0.464 e. The number of thiazole rings is 1. The zero-order valence-corrected chi connectivity index (χ0v) is 13.1. The molecule has 1 heterocycles. The van der Waals surface area contributed by atoms with Gasteiger partial charge in [-0.05, 0) is 19.8 Å². The molecule has 1 unspecified atom stereocenters. The number of nitrogens with zero attached hydrogens (tertiary/aromatic N) is 1. The SMILES string of the molecule is CCCCC(CCC)Nc1nc(C(=O)OC)c(C)s1. The Morgan fingerprint density at radius 3 is 2.68 bits per heavy atom. The maximum Gasteiger partial charge on any atom is 0.357 e. The van der Waals surface area contributed by atoms with Crippen molar-refractivity contribution in [1.82, 2.24) is 4.98 Å². The monoisotopic (exact) mass is 284 g/mol. The Balaban J connectivity index is 2.70. The molecule has 0 aromatic carbocycles. The first-order chi connectivity index (χ1) is 9.12. The molecule has 5 heteroatoms. The Labute approximate surface area is 119 Å². The minimum atomic E-state index is -0.359. The zero-order chi connectivity index (χ0) is 14.3. The minimum absolute atomic E-state index is 0.359. The number of methoxy groups -OCH3 is 1. The van der Waals surface area contributed by atoms with Crippen LogP contribution in [-0.2, 0) is 4.74 Å². The van der Waals surface area contributed by atoms with Crippen LogP contribution < -0.4 is 5.32 Å². The van der Waals surface area contributed by atoms with E-state index in [1.165, 1.54) is 31.3 Å². The summed E-state index contributed by atoms with van der Waals surface area (Å²) in [5, 5.41) is 4.28. The van der Waals surface area contributed by atoms with Gasteiger partial charge in [0.1, 0.15) is 0 Å². The van der Waals surface area contributed by atoms with Crippen molar-refractivity contribution in [2.24, 2.45) is 0 Å². The molecule has 0 amide bonds. The fourth-order valence-electron chi connectivity index (χ4n) is 2.01. The van der Waals surface area contributed by atoms with Crippen LogP contribution in [-0.4, -0.2) is 24.1 Å². The number of hydrogen-bond donors (Lipinski definition) is 1. The van der Waals surface area contributed by atoms with Crippen molar-refractivity contribution in [3.63, 3.8) is 0 Å². The number of nitrogens with one attached hydrogen (secondary N) is 1. The standard InChI is InChI=1S/C14H24N2O2S/c1-5-7-9-11(8-6-2)15-14-16-12(10(3)19-14)13(17)18-4/h11H,5-9H2,1-4H3,(H,15,16). The quantitative estimate of drug-likeness (QED) is 0.733. The van der Waals surface area contributed by atoms with Crippen molar-refractivity contribution in [3.05, 3.63) is 10.6 Å². The molecule has 4 nitrogen and oxygen atoms in total. The Morgan fingerprint density at radius 1 is 1.37 bits per heavy atom. The molecule has 108 valence electrons. The van der Waals surface area contributed by atoms with E-state index in [0.29, 0.717) is 11.7 Å². The lowest BCUT2D eigenvalue weighted by molar-refractivity contribution is 0.0594. The van der Waals surface area contributed by atoms with Crippen LogP contribution >= 0.6 is 11.3 Å². The van der Waals surface area contributed by atoms with E-state index in [1.54, 1.807) is 0 Å². The summed E-state index contributed by atoms with van der Waals surface area (Å²) in [5.41, 5.74) is 0.431. The minimum Gasteiger partial charge on any atom is -0.464 e. The van der Waals surface area contributed by atoms with Crippen LogP contribution in [0.15, 0.2) is 0 Å². The highest BCUT2D eigenvalue weighted by molar-refractivity contribution is 7.15. The summed E-state index contributed by atoms with van der Waals surface area (Å²) in [5.74, 6) is -0.359. The topological polar surface area (TPSA) is 51.2 Å². The van der Waals surface area contributed by atoms with Crippen LogP contribution in [0.4, 0.5) is 5.13 Å². The van der Waals surface area contributed by atoms with Crippen molar-refractivity contribution >= 4 is 22.4 Å². The third-order valence-corrected chi connectivity index (χ3v) is 3.95. The molecule has 0 fully saturated rings. The Morgan fingerprint density at radius 2 is 2.11 bits per heavy atom. The molecule has 0 spiro atoms. The molecule has 19 heavy (non-hydrogen) atoms. The van der Waals surface area contributed by atoms with Gasteiger partial charge in [0.15, 0.2) is 10.8 Å². The number of aryl methyl sites for hydroxylation is 1. The molecule has 0 aliphatic carbocycles. The van der Waals surface area contributed by atoms with E-state index in [9.17, 15) is 4.79 Å². The van der Waals surface area contributed by atoms with Gasteiger partial charge >= 0.3 is 5.97 Å². The fraction of sp³-hybridized carbons (Fsp3) is 0.714. The molecule has 0 radical (unpaired) electrons. The highest BCUT2D eigenvalue weighted by Crippen LogP contribution is 2.24. The lowest BCUT2D eigenvalue weighted by Gasteiger charge is -2.16. The molecule has 1 rings (SSSR count). The highest BCUT2D eigenvalue weighted by Gasteiger charge is 2.17. The summed E-state index contributed by atoms with van der Waals surface area (Å²) in [6, 6.07) is 0.445. The maximum atomic E-state index is 11.5. The molecule has 0 saturated heterocycles. The number of carbonyl (C=O) groups excluding carboxylic acids is 1. The molecule has 1 aromatic heterocycles. The molecular weight excluding hydrogens is 260 g/mol. The lowest BCUT2D eigenvalue weighted by Crippen LogP contribution is -2.19. The average molecular weight is 284 g/mol. The fourth-order valence-corrected chi connectivity index (χ4v) is 2.88. The Kier molecular flexibility index (Phi) is 6.84. The summed E-state index contributed by atoms with van der Waals surface area (Å²) in [6.45, 7) is 6.29. The molecule has 1 atom stereocenters. The predicted octanol–water partition coefficient (Wildman–Crippen LogP) is 4.01. The second-order valence-corrected chi connectivity index (χ2v) is 5.89. The lowest BCUT2D eigenvalue weighted by atomic mass is 10.1. The van der Waals surface area contributed by atoms with Gasteiger partial charge in [-0.1, -0.05) is 33.1 Å². The van der Waals surface area contributed by atoms with E-state index in [2.05, 4.69) is 24.1 Å². The number of carbonyl (C=O) groups is 1. The van der Waals surface area contributed by atoms with Crippen molar-refractivity contribution in [1.29, 1.82) is 0 Å². The third-order valence-electron chi connectivity index (χ3n) is 3.05. The first-order valence-corrected chi connectivity index (χ1v) is 7.76. The second kappa shape index (κ2) is 8.15. The average Bonchev–Trinajstić information content (AvgIpc) is 2.76. The normalized spacial score (nSPS) is 12.2. The molecule has 0 aliphatic rings. The van der Waals surface area contributed by atoms with E-state index in [-0.39, 0.29) is 5.97 Å². The number of ether oxygens (including phenoxy) is 1. The number of esters is 1. The van der Waals surface area contributed by atoms with Gasteiger partial charge in [0, 0.05) is 10.9 Å². The molecule has 1 aromatic rings. The summed E-state index contributed by atoms with van der Waals surface area (Å²) >= 11 is 1.52. The van der Waals surface area contributed by atoms with Crippen molar-refractivity contribution < 1.29 is 9.53 Å². The van der Waals surface area contributed by atoms with Gasteiger partial charge in [-0.25, -0.2) is 9.78 Å². The smallest absolute Gasteiger partial charge is 0.357 e. The Bertz CT molecular complexity index is 404. The highest BCUT2D eigenvalue weighted by atomic mass is 32.1. The summed E-state index contributed by atoms with van der Waals surface area (Å²) in [4.78, 5) is 16.8.